The summed E-state index contributed by atoms with van der Waals surface area (Å²) < 4.78 is 1.00. The molecular weight excluding hydrogens is 322 g/mol. The van der Waals surface area contributed by atoms with Crippen molar-refractivity contribution in [2.24, 2.45) is 0 Å². The summed E-state index contributed by atoms with van der Waals surface area (Å²) in [5.41, 5.74) is 1.07. The molecule has 0 bridgehead atoms. The largest absolute Gasteiger partial charge is 0.346 e. The van der Waals surface area contributed by atoms with Crippen LogP contribution in [0.4, 0.5) is 0 Å². The first-order valence-electron chi connectivity index (χ1n) is 5.93. The third-order valence-electron chi connectivity index (χ3n) is 2.67. The Morgan fingerprint density at radius 3 is 2.79 bits per heavy atom. The minimum absolute atomic E-state index is 0.0314. The zero-order valence-corrected chi connectivity index (χ0v) is 12.9. The van der Waals surface area contributed by atoms with Crippen LogP contribution in [0.2, 0.25) is 0 Å². The molecule has 0 aliphatic heterocycles. The molecule has 1 N–H and O–H groups in total. The molecule has 0 aliphatic carbocycles. The first-order chi connectivity index (χ1) is 9.16. The van der Waals surface area contributed by atoms with Gasteiger partial charge < -0.3 is 5.32 Å². The van der Waals surface area contributed by atoms with E-state index in [9.17, 15) is 4.79 Å². The van der Waals surface area contributed by atoms with Gasteiger partial charge in [-0.25, -0.2) is 0 Å². The summed E-state index contributed by atoms with van der Waals surface area (Å²) in [6.07, 6.45) is 3.39. The Morgan fingerprint density at radius 1 is 1.32 bits per heavy atom. The number of nitrogens with one attached hydrogen (secondary N) is 1. The maximum absolute atomic E-state index is 11.8. The van der Waals surface area contributed by atoms with Crippen molar-refractivity contribution in [2.45, 2.75) is 13.0 Å². The van der Waals surface area contributed by atoms with Gasteiger partial charge in [-0.1, -0.05) is 40.2 Å². The highest BCUT2D eigenvalue weighted by molar-refractivity contribution is 9.10. The van der Waals surface area contributed by atoms with E-state index in [0.29, 0.717) is 0 Å². The number of hydrogen-bond acceptors (Lipinski definition) is 2. The molecule has 1 amide bonds. The molecule has 2 aromatic rings. The molecule has 0 radical (unpaired) electrons. The van der Waals surface area contributed by atoms with Gasteiger partial charge in [0.05, 0.1) is 6.04 Å². The van der Waals surface area contributed by atoms with Crippen LogP contribution in [0.3, 0.4) is 0 Å². The Hall–Kier alpha value is -1.39. The molecule has 1 aromatic heterocycles. The summed E-state index contributed by atoms with van der Waals surface area (Å²) in [4.78, 5) is 12.9. The van der Waals surface area contributed by atoms with Crippen molar-refractivity contribution in [3.8, 4) is 0 Å². The van der Waals surface area contributed by atoms with Crippen LogP contribution in [-0.2, 0) is 4.79 Å². The van der Waals surface area contributed by atoms with Gasteiger partial charge in [0.15, 0.2) is 0 Å². The number of thiophene rings is 1. The number of benzene rings is 1. The minimum atomic E-state index is -0.0864. The number of carbonyl (C=O) groups is 1. The first kappa shape index (κ1) is 14.0. The Labute approximate surface area is 125 Å². The summed E-state index contributed by atoms with van der Waals surface area (Å²) in [5, 5.41) is 4.94. The predicted molar refractivity (Wildman–Crippen MR) is 84.1 cm³/mol. The molecule has 0 spiro atoms. The fourth-order valence-electron chi connectivity index (χ4n) is 1.71. The number of rotatable bonds is 4. The van der Waals surface area contributed by atoms with Crippen LogP contribution >= 0.6 is 27.3 Å². The van der Waals surface area contributed by atoms with Crippen LogP contribution in [0.5, 0.6) is 0 Å². The van der Waals surface area contributed by atoms with Crippen molar-refractivity contribution >= 4 is 39.2 Å². The zero-order chi connectivity index (χ0) is 13.7. The molecule has 4 heteroatoms. The molecule has 1 atom stereocenters. The van der Waals surface area contributed by atoms with Crippen LogP contribution in [-0.4, -0.2) is 5.91 Å². The summed E-state index contributed by atoms with van der Waals surface area (Å²) >= 11 is 5.10. The lowest BCUT2D eigenvalue weighted by atomic mass is 10.1. The van der Waals surface area contributed by atoms with E-state index in [2.05, 4.69) is 21.2 Å². The monoisotopic (exact) mass is 335 g/mol. The average molecular weight is 336 g/mol. The quantitative estimate of drug-likeness (QED) is 0.824. The Bertz CT molecular complexity index is 578. The molecule has 0 fully saturated rings. The molecule has 2 rings (SSSR count). The van der Waals surface area contributed by atoms with Gasteiger partial charge in [-0.3, -0.25) is 4.79 Å². The van der Waals surface area contributed by atoms with Gasteiger partial charge in [0.1, 0.15) is 0 Å². The van der Waals surface area contributed by atoms with Crippen molar-refractivity contribution in [2.75, 3.05) is 0 Å². The van der Waals surface area contributed by atoms with Gasteiger partial charge in [-0.05, 0) is 36.1 Å². The van der Waals surface area contributed by atoms with Crippen LogP contribution in [0, 0.1) is 0 Å². The number of carbonyl (C=O) groups excluding carboxylic acids is 1. The summed E-state index contributed by atoms with van der Waals surface area (Å²) in [7, 11) is 0. The van der Waals surface area contributed by atoms with Crippen molar-refractivity contribution < 1.29 is 4.79 Å². The molecule has 98 valence electrons. The van der Waals surface area contributed by atoms with Crippen LogP contribution in [0.15, 0.2) is 52.3 Å². The van der Waals surface area contributed by atoms with E-state index in [1.165, 1.54) is 0 Å². The first-order valence-corrected chi connectivity index (χ1v) is 7.60. The van der Waals surface area contributed by atoms with E-state index >= 15 is 0 Å². The van der Waals surface area contributed by atoms with E-state index < -0.39 is 0 Å². The highest BCUT2D eigenvalue weighted by Gasteiger charge is 2.09. The standard InChI is InChI=1S/C15H14BrNOS/c1-11(13-6-2-3-7-14(13)16)17-15(18)9-8-12-5-4-10-19-12/h2-11H,1H3,(H,17,18). The maximum Gasteiger partial charge on any atom is 0.244 e. The van der Waals surface area contributed by atoms with Gasteiger partial charge in [0, 0.05) is 15.4 Å². The molecule has 19 heavy (non-hydrogen) atoms. The number of hydrogen-bond donors (Lipinski definition) is 1. The third kappa shape index (κ3) is 4.04. The average Bonchev–Trinajstić information content (AvgIpc) is 2.90. The Kier molecular flexibility index (Phi) is 4.93. The number of amides is 1. The molecule has 0 saturated heterocycles. The molecular formula is C15H14BrNOS. The number of halogens is 1. The van der Waals surface area contributed by atoms with Crippen molar-refractivity contribution in [3.63, 3.8) is 0 Å². The van der Waals surface area contributed by atoms with E-state index in [1.807, 2.05) is 54.8 Å². The minimum Gasteiger partial charge on any atom is -0.346 e. The lowest BCUT2D eigenvalue weighted by molar-refractivity contribution is -0.117. The summed E-state index contributed by atoms with van der Waals surface area (Å²) in [6.45, 7) is 1.97. The van der Waals surface area contributed by atoms with Crippen molar-refractivity contribution in [3.05, 3.63) is 62.8 Å². The smallest absolute Gasteiger partial charge is 0.244 e. The van der Waals surface area contributed by atoms with Gasteiger partial charge >= 0.3 is 0 Å². The summed E-state index contributed by atoms with van der Waals surface area (Å²) in [6, 6.07) is 11.8. The fourth-order valence-corrected chi connectivity index (χ4v) is 2.96. The van der Waals surface area contributed by atoms with Gasteiger partial charge in [0.2, 0.25) is 5.91 Å². The van der Waals surface area contributed by atoms with E-state index in [0.717, 1.165) is 14.9 Å². The SMILES string of the molecule is CC(NC(=O)C=Cc1cccs1)c1ccccc1Br. The zero-order valence-electron chi connectivity index (χ0n) is 10.5. The Balaban J connectivity index is 1.97. The lowest BCUT2D eigenvalue weighted by Crippen LogP contribution is -2.24. The molecule has 2 nitrogen and oxygen atoms in total. The molecule has 0 saturated carbocycles. The van der Waals surface area contributed by atoms with E-state index in [-0.39, 0.29) is 11.9 Å². The van der Waals surface area contributed by atoms with Crippen LogP contribution in [0.1, 0.15) is 23.4 Å². The van der Waals surface area contributed by atoms with Crippen LogP contribution in [0.25, 0.3) is 6.08 Å². The molecule has 0 aliphatic rings. The van der Waals surface area contributed by atoms with E-state index in [1.54, 1.807) is 17.4 Å². The highest BCUT2D eigenvalue weighted by Crippen LogP contribution is 2.22. The lowest BCUT2D eigenvalue weighted by Gasteiger charge is -2.14. The molecule has 1 unspecified atom stereocenters. The second kappa shape index (κ2) is 6.68. The highest BCUT2D eigenvalue weighted by atomic mass is 79.9. The Morgan fingerprint density at radius 2 is 2.11 bits per heavy atom. The van der Waals surface area contributed by atoms with E-state index in [4.69, 9.17) is 0 Å². The summed E-state index contributed by atoms with van der Waals surface area (Å²) in [5.74, 6) is -0.0864. The van der Waals surface area contributed by atoms with Gasteiger partial charge in [-0.15, -0.1) is 11.3 Å². The predicted octanol–water partition coefficient (Wildman–Crippen LogP) is 4.40. The van der Waals surface area contributed by atoms with Crippen LogP contribution < -0.4 is 5.32 Å². The van der Waals surface area contributed by atoms with Crippen molar-refractivity contribution in [1.29, 1.82) is 0 Å². The van der Waals surface area contributed by atoms with Gasteiger partial charge in [0.25, 0.3) is 0 Å². The normalized spacial score (nSPS) is 12.5. The maximum atomic E-state index is 11.8. The molecule has 1 aromatic carbocycles. The third-order valence-corrected chi connectivity index (χ3v) is 4.23. The molecule has 1 heterocycles. The van der Waals surface area contributed by atoms with Gasteiger partial charge in [-0.2, -0.15) is 0 Å². The topological polar surface area (TPSA) is 29.1 Å². The second-order valence-corrected chi connectivity index (χ2v) is 5.93. The second-order valence-electron chi connectivity index (χ2n) is 4.10. The fraction of sp³-hybridized carbons (Fsp3) is 0.133. The van der Waals surface area contributed by atoms with Crippen molar-refractivity contribution in [1.82, 2.24) is 5.32 Å².